The highest BCUT2D eigenvalue weighted by Crippen LogP contribution is 2.39. The van der Waals surface area contributed by atoms with Crippen LogP contribution in [-0.2, 0) is 33.3 Å². The van der Waals surface area contributed by atoms with E-state index < -0.39 is 97.3 Å². The number of hydrogen-bond acceptors (Lipinski definition) is 13. The molecule has 0 aromatic heterocycles. The Balaban J connectivity index is 1.58. The fourth-order valence-electron chi connectivity index (χ4n) is 6.00. The number of aliphatic hydroxyl groups is 5. The number of cyclic esters (lactones) is 1. The number of hydrogen-bond donors (Lipinski definition) is 7. The van der Waals surface area contributed by atoms with Crippen molar-refractivity contribution in [3.05, 3.63) is 60.8 Å². The van der Waals surface area contributed by atoms with Gasteiger partial charge in [-0.3, -0.25) is 4.79 Å². The zero-order chi connectivity index (χ0) is 34.3. The van der Waals surface area contributed by atoms with Gasteiger partial charge < -0.3 is 60.1 Å². The molecule has 4 aliphatic heterocycles. The number of carboxylic acids is 1. The molecule has 2 bridgehead atoms. The Morgan fingerprint density at radius 1 is 0.936 bits per heavy atom. The van der Waals surface area contributed by atoms with Gasteiger partial charge in [-0.2, -0.15) is 0 Å². The fraction of sp³-hybridized carbons (Fsp3) is 0.636. The van der Waals surface area contributed by atoms with E-state index in [9.17, 15) is 40.2 Å². The molecule has 3 fully saturated rings. The molecule has 4 heterocycles. The van der Waals surface area contributed by atoms with Gasteiger partial charge in [-0.15, -0.1) is 0 Å². The van der Waals surface area contributed by atoms with Gasteiger partial charge in [-0.05, 0) is 19.9 Å². The Morgan fingerprint density at radius 3 is 2.36 bits per heavy atom. The second-order valence-electron chi connectivity index (χ2n) is 12.6. The first-order valence-corrected chi connectivity index (χ1v) is 15.9. The van der Waals surface area contributed by atoms with Crippen molar-refractivity contribution < 1.29 is 63.9 Å². The van der Waals surface area contributed by atoms with Crippen molar-refractivity contribution in [1.29, 1.82) is 0 Å². The minimum atomic E-state index is -2.10. The number of epoxide rings is 1. The van der Waals surface area contributed by atoms with E-state index in [0.29, 0.717) is 6.42 Å². The lowest BCUT2D eigenvalue weighted by Crippen LogP contribution is -2.61. The lowest BCUT2D eigenvalue weighted by atomic mass is 9.83. The van der Waals surface area contributed by atoms with Crippen LogP contribution in [0.15, 0.2) is 60.8 Å². The van der Waals surface area contributed by atoms with Crippen molar-refractivity contribution in [2.24, 2.45) is 11.7 Å². The standard InChI is InChI=1S/C33H47NO13/c1-18-10-8-6-4-3-5-7-9-11-21(45-32-30(39)28(34)29(38)19(2)44-32)15-25-27(31(40)41)22(36)17-33(42,47-25)16-20(35)14-24-23(46-24)12-13-26(37)43-18/h3-9,11-13,18-25,27-30,32,35-36,38-39,42H,10,14-17,34H2,1-2H3,(H,40,41)/t18-,19-,20+,21+,22+,23-,24-,25+,27-,28+,29-,30+,32?,33-/m1/s1. The lowest BCUT2D eigenvalue weighted by Gasteiger charge is -2.45. The summed E-state index contributed by atoms with van der Waals surface area (Å²) in [5, 5.41) is 63.9. The maximum Gasteiger partial charge on any atom is 0.330 e. The molecule has 47 heavy (non-hydrogen) atoms. The molecule has 14 heteroatoms. The van der Waals surface area contributed by atoms with Crippen LogP contribution in [0.4, 0.5) is 0 Å². The Labute approximate surface area is 273 Å². The quantitative estimate of drug-likeness (QED) is 0.157. The highest BCUT2D eigenvalue weighted by atomic mass is 16.7. The number of nitrogens with two attached hydrogens (primary N) is 1. The van der Waals surface area contributed by atoms with Crippen LogP contribution in [0.3, 0.4) is 0 Å². The topological polar surface area (TPSA) is 231 Å². The van der Waals surface area contributed by atoms with Crippen LogP contribution in [0.2, 0.25) is 0 Å². The second kappa shape index (κ2) is 16.6. The predicted octanol–water partition coefficient (Wildman–Crippen LogP) is 0.120. The highest BCUT2D eigenvalue weighted by Gasteiger charge is 2.51. The molecular formula is C33H47NO13. The molecule has 14 nitrogen and oxygen atoms in total. The van der Waals surface area contributed by atoms with Gasteiger partial charge in [0.1, 0.15) is 24.2 Å². The number of carboxylic acid groups (broad SMARTS) is 1. The van der Waals surface area contributed by atoms with Gasteiger partial charge in [0.25, 0.3) is 0 Å². The number of allylic oxidation sites excluding steroid dienone is 6. The molecule has 3 saturated heterocycles. The molecule has 0 aromatic carbocycles. The highest BCUT2D eigenvalue weighted by molar-refractivity contribution is 5.82. The Morgan fingerprint density at radius 2 is 1.64 bits per heavy atom. The van der Waals surface area contributed by atoms with E-state index >= 15 is 0 Å². The number of fused-ring (bicyclic) bond motifs is 3. The summed E-state index contributed by atoms with van der Waals surface area (Å²) in [5.41, 5.74) is 5.98. The third-order valence-corrected chi connectivity index (χ3v) is 8.58. The summed E-state index contributed by atoms with van der Waals surface area (Å²) in [6.45, 7) is 3.34. The SMILES string of the molecule is C[C@@H]1CC=CC=CC=CC=C[C@H](OC2O[C@H](C)[C@@H](O)[C@H](N)[C@@H]2O)C[C@@H]2O[C@](O)(C[C@@H](O)C[C@H]3O[C@@H]3C=CC(=O)O1)C[C@H](O)[C@H]2C(=O)O. The van der Waals surface area contributed by atoms with Crippen molar-refractivity contribution in [2.75, 3.05) is 0 Å². The minimum Gasteiger partial charge on any atom is -0.481 e. The van der Waals surface area contributed by atoms with Crippen LogP contribution in [0.5, 0.6) is 0 Å². The third-order valence-electron chi connectivity index (χ3n) is 8.58. The summed E-state index contributed by atoms with van der Waals surface area (Å²) in [5.74, 6) is -5.45. The normalized spacial score (nSPS) is 43.8. The Hall–Kier alpha value is -2.76. The number of rotatable bonds is 3. The Bertz CT molecular complexity index is 1220. The summed E-state index contributed by atoms with van der Waals surface area (Å²) >= 11 is 0. The molecule has 0 aliphatic carbocycles. The van der Waals surface area contributed by atoms with E-state index in [-0.39, 0.29) is 25.4 Å². The molecule has 4 aliphatic rings. The molecular weight excluding hydrogens is 618 g/mol. The maximum absolute atomic E-state index is 12.3. The molecule has 0 saturated carbocycles. The summed E-state index contributed by atoms with van der Waals surface area (Å²) in [7, 11) is 0. The van der Waals surface area contributed by atoms with Gasteiger partial charge in [0.2, 0.25) is 0 Å². The van der Waals surface area contributed by atoms with Crippen LogP contribution in [0, 0.1) is 5.92 Å². The second-order valence-corrected chi connectivity index (χ2v) is 12.6. The van der Waals surface area contributed by atoms with Crippen molar-refractivity contribution in [2.45, 2.75) is 125 Å². The smallest absolute Gasteiger partial charge is 0.330 e. The molecule has 8 N–H and O–H groups in total. The lowest BCUT2D eigenvalue weighted by molar-refractivity contribution is -0.308. The van der Waals surface area contributed by atoms with Crippen LogP contribution in [-0.4, -0.2) is 122 Å². The van der Waals surface area contributed by atoms with Crippen LogP contribution < -0.4 is 5.73 Å². The first-order valence-electron chi connectivity index (χ1n) is 15.9. The summed E-state index contributed by atoms with van der Waals surface area (Å²) in [4.78, 5) is 24.4. The van der Waals surface area contributed by atoms with E-state index in [4.69, 9.17) is 29.4 Å². The summed E-state index contributed by atoms with van der Waals surface area (Å²) in [6, 6.07) is -1.08. The van der Waals surface area contributed by atoms with Gasteiger partial charge in [0.05, 0.1) is 48.8 Å². The van der Waals surface area contributed by atoms with Gasteiger partial charge in [0, 0.05) is 38.2 Å². The summed E-state index contributed by atoms with van der Waals surface area (Å²) < 4.78 is 28.5. The number of ether oxygens (including phenoxy) is 5. The van der Waals surface area contributed by atoms with Crippen LogP contribution >= 0.6 is 0 Å². The van der Waals surface area contributed by atoms with E-state index in [1.807, 2.05) is 6.08 Å². The first kappa shape index (κ1) is 37.1. The predicted molar refractivity (Wildman–Crippen MR) is 165 cm³/mol. The maximum atomic E-state index is 12.3. The molecule has 0 spiro atoms. The van der Waals surface area contributed by atoms with Gasteiger partial charge in [0.15, 0.2) is 12.1 Å². The zero-order valence-electron chi connectivity index (χ0n) is 26.4. The van der Waals surface area contributed by atoms with Crippen LogP contribution in [0.1, 0.15) is 46.0 Å². The van der Waals surface area contributed by atoms with Crippen molar-refractivity contribution in [1.82, 2.24) is 0 Å². The van der Waals surface area contributed by atoms with E-state index in [0.717, 1.165) is 0 Å². The summed E-state index contributed by atoms with van der Waals surface area (Å²) in [6.07, 6.45) is 5.25. The third kappa shape index (κ3) is 10.6. The number of aliphatic carboxylic acids is 1. The molecule has 0 aromatic rings. The fourth-order valence-corrected chi connectivity index (χ4v) is 6.00. The largest absolute Gasteiger partial charge is 0.481 e. The first-order chi connectivity index (χ1) is 22.3. The zero-order valence-corrected chi connectivity index (χ0v) is 26.4. The number of carbonyl (C=O) groups is 2. The molecule has 1 unspecified atom stereocenters. The van der Waals surface area contributed by atoms with E-state index in [2.05, 4.69) is 0 Å². The minimum absolute atomic E-state index is 0.0789. The Kier molecular flexibility index (Phi) is 13.1. The average molecular weight is 666 g/mol. The van der Waals surface area contributed by atoms with Gasteiger partial charge in [-0.25, -0.2) is 4.79 Å². The van der Waals surface area contributed by atoms with E-state index in [1.54, 1.807) is 56.4 Å². The van der Waals surface area contributed by atoms with Crippen molar-refractivity contribution >= 4 is 11.9 Å². The number of carbonyl (C=O) groups excluding carboxylic acids is 1. The van der Waals surface area contributed by atoms with Crippen molar-refractivity contribution in [3.63, 3.8) is 0 Å². The number of esters is 1. The molecule has 262 valence electrons. The molecule has 14 atom stereocenters. The van der Waals surface area contributed by atoms with Gasteiger partial charge >= 0.3 is 11.9 Å². The van der Waals surface area contributed by atoms with Crippen LogP contribution in [0.25, 0.3) is 0 Å². The average Bonchev–Trinajstić information content (AvgIpc) is 3.72. The van der Waals surface area contributed by atoms with Gasteiger partial charge in [-0.1, -0.05) is 48.6 Å². The van der Waals surface area contributed by atoms with Crippen molar-refractivity contribution in [3.8, 4) is 0 Å². The number of aliphatic hydroxyl groups excluding tert-OH is 4. The molecule has 0 radical (unpaired) electrons. The molecule has 0 amide bonds. The monoisotopic (exact) mass is 665 g/mol. The van der Waals surface area contributed by atoms with E-state index in [1.165, 1.54) is 12.2 Å². The molecule has 4 rings (SSSR count).